The highest BCUT2D eigenvalue weighted by molar-refractivity contribution is 6.35. The highest BCUT2D eigenvalue weighted by Gasteiger charge is 2.35. The van der Waals surface area contributed by atoms with Gasteiger partial charge in [0.05, 0.1) is 27.3 Å². The SMILES string of the molecule is O=C(O)C1CCN(c2ccc3c(=O)c4c(C(F)(F)F)ccc(Cl)c4oc3c2)C1. The van der Waals surface area contributed by atoms with Gasteiger partial charge in [0.2, 0.25) is 5.43 Å². The van der Waals surface area contributed by atoms with Crippen molar-refractivity contribution in [3.8, 4) is 0 Å². The van der Waals surface area contributed by atoms with Crippen molar-refractivity contribution in [1.82, 2.24) is 0 Å². The second-order valence-electron chi connectivity index (χ2n) is 6.68. The molecule has 1 atom stereocenters. The largest absolute Gasteiger partial charge is 0.481 e. The lowest BCUT2D eigenvalue weighted by Crippen LogP contribution is -2.22. The summed E-state index contributed by atoms with van der Waals surface area (Å²) in [4.78, 5) is 25.7. The molecule has 0 saturated carbocycles. The maximum atomic E-state index is 13.3. The zero-order valence-electron chi connectivity index (χ0n) is 14.2. The van der Waals surface area contributed by atoms with Gasteiger partial charge in [0.15, 0.2) is 5.58 Å². The number of anilines is 1. The fourth-order valence-corrected chi connectivity index (χ4v) is 3.74. The fraction of sp³-hybridized carbons (Fsp3) is 0.263. The summed E-state index contributed by atoms with van der Waals surface area (Å²) in [7, 11) is 0. The van der Waals surface area contributed by atoms with Crippen LogP contribution in [0.2, 0.25) is 5.02 Å². The van der Waals surface area contributed by atoms with Crippen LogP contribution in [0.15, 0.2) is 39.5 Å². The molecule has 1 saturated heterocycles. The lowest BCUT2D eigenvalue weighted by Gasteiger charge is -2.18. The summed E-state index contributed by atoms with van der Waals surface area (Å²) >= 11 is 6.00. The molecule has 0 radical (unpaired) electrons. The number of benzene rings is 2. The van der Waals surface area contributed by atoms with E-state index in [-0.39, 0.29) is 21.6 Å². The predicted octanol–water partition coefficient (Wildman–Crippen LogP) is 4.53. The summed E-state index contributed by atoms with van der Waals surface area (Å²) in [6.45, 7) is 0.816. The third-order valence-corrected chi connectivity index (χ3v) is 5.26. The molecule has 146 valence electrons. The number of aliphatic carboxylic acids is 1. The highest BCUT2D eigenvalue weighted by Crippen LogP contribution is 2.37. The van der Waals surface area contributed by atoms with E-state index in [1.165, 1.54) is 12.1 Å². The Hall–Kier alpha value is -2.74. The van der Waals surface area contributed by atoms with Crippen molar-refractivity contribution in [2.75, 3.05) is 18.0 Å². The molecule has 1 aromatic heterocycles. The first-order chi connectivity index (χ1) is 13.2. The zero-order chi connectivity index (χ0) is 20.2. The summed E-state index contributed by atoms with van der Waals surface area (Å²) in [5.41, 5.74) is -1.52. The van der Waals surface area contributed by atoms with Crippen LogP contribution in [-0.2, 0) is 11.0 Å². The Morgan fingerprint density at radius 1 is 1.25 bits per heavy atom. The molecule has 0 aliphatic carbocycles. The first-order valence-electron chi connectivity index (χ1n) is 8.41. The molecule has 1 fully saturated rings. The Morgan fingerprint density at radius 3 is 2.64 bits per heavy atom. The van der Waals surface area contributed by atoms with Crippen molar-refractivity contribution >= 4 is 45.2 Å². The van der Waals surface area contributed by atoms with Crippen LogP contribution in [-0.4, -0.2) is 24.2 Å². The van der Waals surface area contributed by atoms with E-state index in [1.54, 1.807) is 6.07 Å². The summed E-state index contributed by atoms with van der Waals surface area (Å²) < 4.78 is 45.6. The van der Waals surface area contributed by atoms with Crippen molar-refractivity contribution in [2.24, 2.45) is 5.92 Å². The van der Waals surface area contributed by atoms with Gasteiger partial charge in [0.1, 0.15) is 5.58 Å². The number of carboxylic acid groups (broad SMARTS) is 1. The molecule has 1 aliphatic heterocycles. The molecule has 5 nitrogen and oxygen atoms in total. The van der Waals surface area contributed by atoms with Gasteiger partial charge >= 0.3 is 12.1 Å². The summed E-state index contributed by atoms with van der Waals surface area (Å²) in [5, 5.41) is 8.43. The van der Waals surface area contributed by atoms with Crippen LogP contribution in [0.1, 0.15) is 12.0 Å². The van der Waals surface area contributed by atoms with E-state index in [2.05, 4.69) is 0 Å². The standard InChI is InChI=1S/C19H13ClF3NO4/c20-13-4-3-12(19(21,22)23)15-16(25)11-2-1-10(7-14(11)28-17(13)15)24-6-5-9(8-24)18(26)27/h1-4,7,9H,5-6,8H2,(H,26,27). The number of hydrogen-bond acceptors (Lipinski definition) is 4. The van der Waals surface area contributed by atoms with Gasteiger partial charge in [-0.1, -0.05) is 11.6 Å². The molecule has 2 aromatic carbocycles. The molecular formula is C19H13ClF3NO4. The molecule has 1 aliphatic rings. The van der Waals surface area contributed by atoms with E-state index in [4.69, 9.17) is 21.1 Å². The van der Waals surface area contributed by atoms with E-state index >= 15 is 0 Å². The Morgan fingerprint density at radius 2 is 2.00 bits per heavy atom. The highest BCUT2D eigenvalue weighted by atomic mass is 35.5. The average Bonchev–Trinajstić information content (AvgIpc) is 3.12. The molecule has 28 heavy (non-hydrogen) atoms. The van der Waals surface area contributed by atoms with Gasteiger partial charge in [-0.15, -0.1) is 0 Å². The molecule has 0 bridgehead atoms. The molecule has 0 amide bonds. The van der Waals surface area contributed by atoms with Crippen LogP contribution < -0.4 is 10.3 Å². The predicted molar refractivity (Wildman–Crippen MR) is 98.0 cm³/mol. The first kappa shape index (κ1) is 18.6. The average molecular weight is 412 g/mol. The number of halogens is 4. The number of nitrogens with zero attached hydrogens (tertiary/aromatic N) is 1. The fourth-order valence-electron chi connectivity index (χ4n) is 3.54. The van der Waals surface area contributed by atoms with Crippen molar-refractivity contribution < 1.29 is 27.5 Å². The molecule has 9 heteroatoms. The van der Waals surface area contributed by atoms with Crippen LogP contribution >= 0.6 is 11.6 Å². The minimum atomic E-state index is -4.73. The Balaban J connectivity index is 1.90. The minimum Gasteiger partial charge on any atom is -0.481 e. The van der Waals surface area contributed by atoms with Gasteiger partial charge in [0.25, 0.3) is 0 Å². The van der Waals surface area contributed by atoms with Crippen molar-refractivity contribution in [3.63, 3.8) is 0 Å². The summed E-state index contributed by atoms with van der Waals surface area (Å²) in [6, 6.07) is 6.30. The van der Waals surface area contributed by atoms with Gasteiger partial charge in [-0.3, -0.25) is 9.59 Å². The number of carbonyl (C=O) groups is 1. The molecule has 1 N–H and O–H groups in total. The molecular weight excluding hydrogens is 399 g/mol. The number of alkyl halides is 3. The van der Waals surface area contributed by atoms with Gasteiger partial charge in [-0.05, 0) is 30.7 Å². The monoisotopic (exact) mass is 411 g/mol. The Bertz CT molecular complexity index is 1170. The molecule has 1 unspecified atom stereocenters. The van der Waals surface area contributed by atoms with E-state index in [0.717, 1.165) is 12.1 Å². The van der Waals surface area contributed by atoms with E-state index in [1.807, 2.05) is 4.90 Å². The van der Waals surface area contributed by atoms with E-state index in [9.17, 15) is 22.8 Å². The number of carboxylic acids is 1. The maximum Gasteiger partial charge on any atom is 0.417 e. The van der Waals surface area contributed by atoms with Crippen LogP contribution in [0.5, 0.6) is 0 Å². The molecule has 4 rings (SSSR count). The number of rotatable bonds is 2. The van der Waals surface area contributed by atoms with E-state index < -0.39 is 34.4 Å². The third kappa shape index (κ3) is 2.97. The van der Waals surface area contributed by atoms with Crippen molar-refractivity contribution in [3.05, 3.63) is 51.1 Å². The van der Waals surface area contributed by atoms with Gasteiger partial charge in [-0.25, -0.2) is 0 Å². The molecule has 3 aromatic rings. The van der Waals surface area contributed by atoms with Crippen LogP contribution in [0, 0.1) is 5.92 Å². The van der Waals surface area contributed by atoms with Gasteiger partial charge in [-0.2, -0.15) is 13.2 Å². The molecule has 0 spiro atoms. The van der Waals surface area contributed by atoms with Crippen LogP contribution in [0.25, 0.3) is 21.9 Å². The topological polar surface area (TPSA) is 70.8 Å². The summed E-state index contributed by atoms with van der Waals surface area (Å²) in [6.07, 6.45) is -4.25. The quantitative estimate of drug-likeness (QED) is 0.627. The smallest absolute Gasteiger partial charge is 0.417 e. The summed E-state index contributed by atoms with van der Waals surface area (Å²) in [5.74, 6) is -1.38. The van der Waals surface area contributed by atoms with Gasteiger partial charge in [0, 0.05) is 24.8 Å². The Kier molecular flexibility index (Phi) is 4.26. The third-order valence-electron chi connectivity index (χ3n) is 4.97. The number of fused-ring (bicyclic) bond motifs is 2. The van der Waals surface area contributed by atoms with E-state index in [0.29, 0.717) is 25.2 Å². The van der Waals surface area contributed by atoms with Gasteiger partial charge < -0.3 is 14.4 Å². The lowest BCUT2D eigenvalue weighted by atomic mass is 10.1. The number of hydrogen-bond donors (Lipinski definition) is 1. The van der Waals surface area contributed by atoms with Crippen LogP contribution in [0.3, 0.4) is 0 Å². The molecule has 2 heterocycles. The minimum absolute atomic E-state index is 0.00185. The zero-order valence-corrected chi connectivity index (χ0v) is 15.0. The maximum absolute atomic E-state index is 13.3. The van der Waals surface area contributed by atoms with Crippen molar-refractivity contribution in [1.29, 1.82) is 0 Å². The van der Waals surface area contributed by atoms with Crippen molar-refractivity contribution in [2.45, 2.75) is 12.6 Å². The van der Waals surface area contributed by atoms with Crippen LogP contribution in [0.4, 0.5) is 18.9 Å². The first-order valence-corrected chi connectivity index (χ1v) is 8.78. The second-order valence-corrected chi connectivity index (χ2v) is 7.09. The lowest BCUT2D eigenvalue weighted by molar-refractivity contribution is -0.141. The Labute approximate surface area is 160 Å². The second kappa shape index (κ2) is 6.41. The normalized spacial score (nSPS) is 17.6.